The molecule has 0 fully saturated rings. The first-order valence-corrected chi connectivity index (χ1v) is 27.4. The van der Waals surface area contributed by atoms with E-state index in [9.17, 15) is 19.2 Å². The van der Waals surface area contributed by atoms with Crippen LogP contribution in [0.25, 0.3) is 0 Å². The Bertz CT molecular complexity index is 1020. The van der Waals surface area contributed by atoms with Crippen LogP contribution in [0.2, 0.25) is 0 Å². The SMILES string of the molecule is CCCCCCCCCCCCCCCCCCCCCCC(=O)OC(CCCCCCCCCCCCCCCCC)CCCCCCCC(=O)NCC(=O)NC(CO)C(=O)O. The Kier molecular flexibility index (Phi) is 47.6. The van der Waals surface area contributed by atoms with E-state index < -0.39 is 24.5 Å². The summed E-state index contributed by atoms with van der Waals surface area (Å²) in [4.78, 5) is 47.9. The second-order valence-electron chi connectivity index (χ2n) is 19.0. The van der Waals surface area contributed by atoms with Crippen molar-refractivity contribution < 1.29 is 34.1 Å². The Balaban J connectivity index is 4.21. The fourth-order valence-corrected chi connectivity index (χ4v) is 8.66. The molecule has 0 spiro atoms. The molecule has 0 aliphatic carbocycles. The highest BCUT2D eigenvalue weighted by atomic mass is 16.5. The van der Waals surface area contributed by atoms with Crippen molar-refractivity contribution in [3.05, 3.63) is 0 Å². The van der Waals surface area contributed by atoms with E-state index in [0.29, 0.717) is 19.3 Å². The number of hydrogen-bond acceptors (Lipinski definition) is 6. The number of esters is 1. The Morgan fingerprint density at radius 2 is 0.714 bits per heavy atom. The van der Waals surface area contributed by atoms with Crippen molar-refractivity contribution in [2.75, 3.05) is 13.2 Å². The van der Waals surface area contributed by atoms with Crippen molar-refractivity contribution in [3.63, 3.8) is 0 Å². The average molecular weight is 893 g/mol. The molecule has 0 bridgehead atoms. The zero-order valence-electron chi connectivity index (χ0n) is 41.6. The van der Waals surface area contributed by atoms with Crippen molar-refractivity contribution in [1.29, 1.82) is 0 Å². The maximum Gasteiger partial charge on any atom is 0.328 e. The highest BCUT2D eigenvalue weighted by Gasteiger charge is 2.19. The van der Waals surface area contributed by atoms with Crippen LogP contribution in [0.5, 0.6) is 0 Å². The summed E-state index contributed by atoms with van der Waals surface area (Å²) in [5.41, 5.74) is 0. The van der Waals surface area contributed by atoms with Crippen LogP contribution in [0.15, 0.2) is 0 Å². The molecule has 2 amide bonds. The van der Waals surface area contributed by atoms with E-state index in [1.165, 1.54) is 205 Å². The average Bonchev–Trinajstić information content (AvgIpc) is 3.27. The van der Waals surface area contributed by atoms with E-state index in [4.69, 9.17) is 14.9 Å². The molecular weight excluding hydrogens is 789 g/mol. The molecule has 0 aliphatic heterocycles. The smallest absolute Gasteiger partial charge is 0.328 e. The van der Waals surface area contributed by atoms with Crippen LogP contribution >= 0.6 is 0 Å². The van der Waals surface area contributed by atoms with Gasteiger partial charge in [-0.2, -0.15) is 0 Å². The minimum absolute atomic E-state index is 0.00643. The number of aliphatic hydroxyl groups is 1. The monoisotopic (exact) mass is 893 g/mol. The molecule has 9 nitrogen and oxygen atoms in total. The van der Waals surface area contributed by atoms with Crippen LogP contribution in [0, 0.1) is 0 Å². The molecule has 9 heteroatoms. The molecule has 4 N–H and O–H groups in total. The summed E-state index contributed by atoms with van der Waals surface area (Å²) in [6, 6.07) is -1.38. The Labute approximate surface area is 389 Å². The molecule has 0 aromatic carbocycles. The van der Waals surface area contributed by atoms with Gasteiger partial charge in [-0.3, -0.25) is 14.4 Å². The quantitative estimate of drug-likeness (QED) is 0.0352. The fourth-order valence-electron chi connectivity index (χ4n) is 8.66. The van der Waals surface area contributed by atoms with E-state index >= 15 is 0 Å². The van der Waals surface area contributed by atoms with Gasteiger partial charge in [-0.25, -0.2) is 4.79 Å². The van der Waals surface area contributed by atoms with Gasteiger partial charge in [0.2, 0.25) is 11.8 Å². The van der Waals surface area contributed by atoms with Gasteiger partial charge in [-0.05, 0) is 38.5 Å². The summed E-state index contributed by atoms with van der Waals surface area (Å²) in [5.74, 6) is -2.26. The first-order chi connectivity index (χ1) is 30.8. The van der Waals surface area contributed by atoms with Crippen molar-refractivity contribution in [3.8, 4) is 0 Å². The topological polar surface area (TPSA) is 142 Å². The third-order valence-corrected chi connectivity index (χ3v) is 12.9. The lowest BCUT2D eigenvalue weighted by Crippen LogP contribution is -2.47. The van der Waals surface area contributed by atoms with E-state index in [1.54, 1.807) is 0 Å². The summed E-state index contributed by atoms with van der Waals surface area (Å²) in [6.07, 6.45) is 54.3. The van der Waals surface area contributed by atoms with Crippen molar-refractivity contribution in [2.45, 2.75) is 309 Å². The van der Waals surface area contributed by atoms with Crippen LogP contribution < -0.4 is 10.6 Å². The second kappa shape index (κ2) is 49.3. The van der Waals surface area contributed by atoms with Gasteiger partial charge in [0.1, 0.15) is 12.1 Å². The number of rotatable bonds is 51. The molecule has 372 valence electrons. The first kappa shape index (κ1) is 60.8. The molecule has 0 aromatic rings. The summed E-state index contributed by atoms with van der Waals surface area (Å²) in [6.45, 7) is 3.54. The molecule has 63 heavy (non-hydrogen) atoms. The summed E-state index contributed by atoms with van der Waals surface area (Å²) >= 11 is 0. The molecule has 0 aliphatic rings. The van der Waals surface area contributed by atoms with Crippen LogP contribution in [0.1, 0.15) is 296 Å². The van der Waals surface area contributed by atoms with Crippen molar-refractivity contribution >= 4 is 23.8 Å². The second-order valence-corrected chi connectivity index (χ2v) is 19.0. The maximum absolute atomic E-state index is 12.9. The van der Waals surface area contributed by atoms with Gasteiger partial charge in [-0.1, -0.05) is 245 Å². The molecule has 0 aromatic heterocycles. The van der Waals surface area contributed by atoms with E-state index in [1.807, 2.05) is 0 Å². The van der Waals surface area contributed by atoms with Crippen LogP contribution in [-0.2, 0) is 23.9 Å². The number of carbonyl (C=O) groups is 4. The van der Waals surface area contributed by atoms with Gasteiger partial charge >= 0.3 is 11.9 Å². The summed E-state index contributed by atoms with van der Waals surface area (Å²) in [7, 11) is 0. The molecule has 0 saturated carbocycles. The normalized spacial score (nSPS) is 12.3. The minimum atomic E-state index is -1.38. The lowest BCUT2D eigenvalue weighted by molar-refractivity contribution is -0.150. The third kappa shape index (κ3) is 46.2. The molecule has 0 radical (unpaired) electrons. The van der Waals surface area contributed by atoms with Crippen LogP contribution in [0.3, 0.4) is 0 Å². The number of carboxylic acid groups (broad SMARTS) is 1. The maximum atomic E-state index is 12.9. The van der Waals surface area contributed by atoms with Crippen LogP contribution in [-0.4, -0.2) is 59.3 Å². The lowest BCUT2D eigenvalue weighted by Gasteiger charge is -2.18. The van der Waals surface area contributed by atoms with E-state index in [0.717, 1.165) is 57.8 Å². The largest absolute Gasteiger partial charge is 0.480 e. The number of hydrogen-bond donors (Lipinski definition) is 4. The molecule has 2 atom stereocenters. The predicted molar refractivity (Wildman–Crippen MR) is 264 cm³/mol. The van der Waals surface area contributed by atoms with Gasteiger partial charge < -0.3 is 25.6 Å². The number of aliphatic hydroxyl groups excluding tert-OH is 1. The highest BCUT2D eigenvalue weighted by Crippen LogP contribution is 2.20. The number of carboxylic acids is 1. The lowest BCUT2D eigenvalue weighted by atomic mass is 10.0. The first-order valence-electron chi connectivity index (χ1n) is 27.4. The molecule has 2 unspecified atom stereocenters. The minimum Gasteiger partial charge on any atom is -0.480 e. The van der Waals surface area contributed by atoms with Gasteiger partial charge in [0, 0.05) is 12.8 Å². The van der Waals surface area contributed by atoms with Crippen molar-refractivity contribution in [1.82, 2.24) is 10.6 Å². The molecule has 0 rings (SSSR count). The number of unbranched alkanes of at least 4 members (excludes halogenated alkanes) is 37. The Morgan fingerprint density at radius 3 is 1.03 bits per heavy atom. The van der Waals surface area contributed by atoms with Crippen molar-refractivity contribution in [2.24, 2.45) is 0 Å². The number of amides is 2. The van der Waals surface area contributed by atoms with Gasteiger partial charge in [0.15, 0.2) is 0 Å². The number of ether oxygens (including phenoxy) is 1. The number of nitrogens with one attached hydrogen (secondary N) is 2. The van der Waals surface area contributed by atoms with E-state index in [-0.39, 0.29) is 24.5 Å². The molecular formula is C54H104N2O7. The van der Waals surface area contributed by atoms with Gasteiger partial charge in [-0.15, -0.1) is 0 Å². The Morgan fingerprint density at radius 1 is 0.413 bits per heavy atom. The predicted octanol–water partition coefficient (Wildman–Crippen LogP) is 14.8. The molecule has 0 heterocycles. The number of carbonyl (C=O) groups excluding carboxylic acids is 3. The molecule has 0 saturated heterocycles. The van der Waals surface area contributed by atoms with Gasteiger partial charge in [0.05, 0.1) is 13.2 Å². The summed E-state index contributed by atoms with van der Waals surface area (Å²) < 4.78 is 6.09. The van der Waals surface area contributed by atoms with Crippen LogP contribution in [0.4, 0.5) is 0 Å². The standard InChI is InChI=1S/C54H104N2O7/c1-3-5-7-9-11-13-15-17-19-20-21-22-23-25-27-29-31-33-38-42-46-53(60)63-49(43-39-35-32-30-28-26-24-18-16-14-12-10-8-6-4-2)44-40-36-34-37-41-45-51(58)55-47-52(59)56-50(48-57)54(61)62/h49-50,57H,3-48H2,1-2H3,(H,55,58)(H,56,59)(H,61,62). The Hall–Kier alpha value is -2.16. The zero-order chi connectivity index (χ0) is 46.1. The van der Waals surface area contributed by atoms with E-state index in [2.05, 4.69) is 24.5 Å². The zero-order valence-corrected chi connectivity index (χ0v) is 41.6. The highest BCUT2D eigenvalue weighted by molar-refractivity contribution is 5.87. The summed E-state index contributed by atoms with van der Waals surface area (Å²) in [5, 5.41) is 22.7. The number of aliphatic carboxylic acids is 1. The third-order valence-electron chi connectivity index (χ3n) is 12.9. The van der Waals surface area contributed by atoms with Gasteiger partial charge in [0.25, 0.3) is 0 Å². The fraction of sp³-hybridized carbons (Fsp3) is 0.926.